The first-order valence-electron chi connectivity index (χ1n) is 5.44. The number of carbonyl (C=O) groups is 1. The van der Waals surface area contributed by atoms with Gasteiger partial charge in [0.05, 0.1) is 12.0 Å². The van der Waals surface area contributed by atoms with Gasteiger partial charge in [-0.15, -0.1) is 11.6 Å². The third-order valence-electron chi connectivity index (χ3n) is 2.91. The van der Waals surface area contributed by atoms with E-state index in [2.05, 4.69) is 0 Å². The molecule has 0 aliphatic carbocycles. The Morgan fingerprint density at radius 2 is 2.00 bits per heavy atom. The first-order chi connectivity index (χ1) is 7.88. The maximum atomic E-state index is 13.4. The monoisotopic (exact) mass is 257 g/mol. The zero-order valence-electron chi connectivity index (χ0n) is 10.3. The highest BCUT2D eigenvalue weighted by Gasteiger charge is 2.26. The molecule has 1 aromatic carbocycles. The molecule has 94 valence electrons. The molecule has 1 amide bonds. The maximum Gasteiger partial charge on any atom is 0.227 e. The number of hydrogen-bond donors (Lipinski definition) is 0. The van der Waals surface area contributed by atoms with E-state index in [9.17, 15) is 9.18 Å². The minimum atomic E-state index is -0.427. The van der Waals surface area contributed by atoms with Crippen LogP contribution in [0.1, 0.15) is 19.4 Å². The summed E-state index contributed by atoms with van der Waals surface area (Å²) in [5.74, 6) is -0.148. The number of benzene rings is 1. The van der Waals surface area contributed by atoms with Gasteiger partial charge in [0.2, 0.25) is 5.91 Å². The van der Waals surface area contributed by atoms with Crippen LogP contribution in [-0.4, -0.2) is 29.3 Å². The van der Waals surface area contributed by atoms with E-state index in [1.165, 1.54) is 6.07 Å². The van der Waals surface area contributed by atoms with Gasteiger partial charge < -0.3 is 4.90 Å². The number of amides is 1. The summed E-state index contributed by atoms with van der Waals surface area (Å²) in [5.41, 5.74) is -0.0149. The lowest BCUT2D eigenvalue weighted by atomic mass is 10.0. The number of likely N-dealkylation sites (N-methyl/N-ethyl adjacent to an activating group) is 1. The second kappa shape index (κ2) is 5.50. The van der Waals surface area contributed by atoms with Crippen LogP contribution in [-0.2, 0) is 11.2 Å². The van der Waals surface area contributed by atoms with E-state index >= 15 is 0 Å². The smallest absolute Gasteiger partial charge is 0.227 e. The van der Waals surface area contributed by atoms with Crippen LogP contribution in [0.4, 0.5) is 4.39 Å². The summed E-state index contributed by atoms with van der Waals surface area (Å²) in [6.07, 6.45) is 0.0590. The molecule has 4 heteroatoms. The highest BCUT2D eigenvalue weighted by Crippen LogP contribution is 2.16. The van der Waals surface area contributed by atoms with Gasteiger partial charge in [-0.2, -0.15) is 0 Å². The third kappa shape index (κ3) is 3.43. The Kier molecular flexibility index (Phi) is 4.52. The Morgan fingerprint density at radius 3 is 2.53 bits per heavy atom. The van der Waals surface area contributed by atoms with Crippen LogP contribution >= 0.6 is 11.6 Å². The van der Waals surface area contributed by atoms with Crippen LogP contribution in [0.5, 0.6) is 0 Å². The lowest BCUT2D eigenvalue weighted by Gasteiger charge is -2.34. The van der Waals surface area contributed by atoms with Crippen molar-refractivity contribution in [3.05, 3.63) is 35.6 Å². The molecule has 0 spiro atoms. The molecule has 0 saturated heterocycles. The second-order valence-electron chi connectivity index (χ2n) is 4.67. The van der Waals surface area contributed by atoms with Crippen LogP contribution in [0.2, 0.25) is 0 Å². The van der Waals surface area contributed by atoms with Gasteiger partial charge in [0.15, 0.2) is 0 Å². The Bertz CT molecular complexity index is 406. The summed E-state index contributed by atoms with van der Waals surface area (Å²) in [6.45, 7) is 3.75. The summed E-state index contributed by atoms with van der Waals surface area (Å²) in [4.78, 5) is 13.5. The Hall–Kier alpha value is -1.09. The van der Waals surface area contributed by atoms with Crippen molar-refractivity contribution in [3.8, 4) is 0 Å². The minimum absolute atomic E-state index is 0.0590. The average Bonchev–Trinajstić information content (AvgIpc) is 2.31. The van der Waals surface area contributed by atoms with Crippen LogP contribution in [0.15, 0.2) is 24.3 Å². The maximum absolute atomic E-state index is 13.4. The molecule has 0 aromatic heterocycles. The van der Waals surface area contributed by atoms with Crippen molar-refractivity contribution in [2.45, 2.75) is 25.8 Å². The lowest BCUT2D eigenvalue weighted by Crippen LogP contribution is -2.47. The van der Waals surface area contributed by atoms with E-state index in [-0.39, 0.29) is 18.1 Å². The second-order valence-corrected chi connectivity index (χ2v) is 4.93. The summed E-state index contributed by atoms with van der Waals surface area (Å²) in [6, 6.07) is 6.30. The van der Waals surface area contributed by atoms with Gasteiger partial charge in [0.25, 0.3) is 0 Å². The van der Waals surface area contributed by atoms with Crippen LogP contribution in [0, 0.1) is 5.82 Å². The van der Waals surface area contributed by atoms with Gasteiger partial charge in [-0.3, -0.25) is 4.79 Å². The number of hydrogen-bond acceptors (Lipinski definition) is 1. The molecule has 0 fully saturated rings. The van der Waals surface area contributed by atoms with Crippen molar-refractivity contribution < 1.29 is 9.18 Å². The molecule has 0 unspecified atom stereocenters. The number of rotatable bonds is 4. The molecule has 0 bridgehead atoms. The predicted molar refractivity (Wildman–Crippen MR) is 67.7 cm³/mol. The highest BCUT2D eigenvalue weighted by molar-refractivity contribution is 6.18. The Morgan fingerprint density at radius 1 is 1.41 bits per heavy atom. The number of alkyl halides is 1. The SMILES string of the molecule is CN(C(=O)Cc1ccccc1F)C(C)(C)CCl. The quantitative estimate of drug-likeness (QED) is 0.760. The molecular weight excluding hydrogens is 241 g/mol. The molecule has 0 radical (unpaired) electrons. The largest absolute Gasteiger partial charge is 0.339 e. The first kappa shape index (κ1) is 14.0. The third-order valence-corrected chi connectivity index (χ3v) is 3.56. The topological polar surface area (TPSA) is 20.3 Å². The van der Waals surface area contributed by atoms with Crippen molar-refractivity contribution in [2.75, 3.05) is 12.9 Å². The van der Waals surface area contributed by atoms with E-state index in [0.29, 0.717) is 11.4 Å². The molecular formula is C13H17ClFNO. The zero-order valence-corrected chi connectivity index (χ0v) is 11.1. The van der Waals surface area contributed by atoms with Gasteiger partial charge in [-0.1, -0.05) is 18.2 Å². The zero-order chi connectivity index (χ0) is 13.1. The van der Waals surface area contributed by atoms with E-state index < -0.39 is 5.54 Å². The molecule has 1 rings (SSSR count). The molecule has 0 aliphatic rings. The van der Waals surface area contributed by atoms with Gasteiger partial charge in [0.1, 0.15) is 5.82 Å². The van der Waals surface area contributed by atoms with Crippen molar-refractivity contribution in [1.82, 2.24) is 4.90 Å². The van der Waals surface area contributed by atoms with Crippen molar-refractivity contribution in [3.63, 3.8) is 0 Å². The molecule has 17 heavy (non-hydrogen) atoms. The van der Waals surface area contributed by atoms with Gasteiger partial charge >= 0.3 is 0 Å². The molecule has 1 aromatic rings. The van der Waals surface area contributed by atoms with Gasteiger partial charge in [0, 0.05) is 12.9 Å². The van der Waals surface area contributed by atoms with Crippen LogP contribution in [0.25, 0.3) is 0 Å². The van der Waals surface area contributed by atoms with Crippen LogP contribution < -0.4 is 0 Å². The summed E-state index contributed by atoms with van der Waals surface area (Å²) in [7, 11) is 1.69. The summed E-state index contributed by atoms with van der Waals surface area (Å²) in [5, 5.41) is 0. The normalized spacial score (nSPS) is 11.4. The number of nitrogens with zero attached hydrogens (tertiary/aromatic N) is 1. The first-order valence-corrected chi connectivity index (χ1v) is 5.98. The molecule has 0 atom stereocenters. The van der Waals surface area contributed by atoms with Gasteiger partial charge in [-0.25, -0.2) is 4.39 Å². The Balaban J connectivity index is 2.77. The minimum Gasteiger partial charge on any atom is -0.339 e. The van der Waals surface area contributed by atoms with Crippen molar-refractivity contribution in [1.29, 1.82) is 0 Å². The van der Waals surface area contributed by atoms with Crippen molar-refractivity contribution >= 4 is 17.5 Å². The standard InChI is InChI=1S/C13H17ClFNO/c1-13(2,9-14)16(3)12(17)8-10-6-4-5-7-11(10)15/h4-7H,8-9H2,1-3H3. The number of carbonyl (C=O) groups excluding carboxylic acids is 1. The fraction of sp³-hybridized carbons (Fsp3) is 0.462. The highest BCUT2D eigenvalue weighted by atomic mass is 35.5. The fourth-order valence-corrected chi connectivity index (χ4v) is 1.53. The molecule has 2 nitrogen and oxygen atoms in total. The Labute approximate surface area is 106 Å². The molecule has 0 N–H and O–H groups in total. The van der Waals surface area contributed by atoms with E-state index in [1.54, 1.807) is 30.1 Å². The van der Waals surface area contributed by atoms with Crippen molar-refractivity contribution in [2.24, 2.45) is 0 Å². The van der Waals surface area contributed by atoms with E-state index in [1.807, 2.05) is 13.8 Å². The van der Waals surface area contributed by atoms with E-state index in [0.717, 1.165) is 0 Å². The predicted octanol–water partition coefficient (Wildman–Crippen LogP) is 2.84. The summed E-state index contributed by atoms with van der Waals surface area (Å²) >= 11 is 5.80. The molecule has 0 saturated carbocycles. The van der Waals surface area contributed by atoms with Crippen LogP contribution in [0.3, 0.4) is 0 Å². The molecule has 0 aliphatic heterocycles. The number of halogens is 2. The fourth-order valence-electron chi connectivity index (χ4n) is 1.35. The molecule has 0 heterocycles. The lowest BCUT2D eigenvalue weighted by molar-refractivity contribution is -0.133. The summed E-state index contributed by atoms with van der Waals surface area (Å²) < 4.78 is 13.4. The van der Waals surface area contributed by atoms with E-state index in [4.69, 9.17) is 11.6 Å². The van der Waals surface area contributed by atoms with Gasteiger partial charge in [-0.05, 0) is 25.5 Å². The average molecular weight is 258 g/mol.